The fourth-order valence-corrected chi connectivity index (χ4v) is 1.02. The predicted octanol–water partition coefficient (Wildman–Crippen LogP) is 0.994. The molecule has 66 valence electrons. The molecular weight excluding hydrogens is 156 g/mol. The molecular formula is C8H12N2O2. The van der Waals surface area contributed by atoms with Crippen molar-refractivity contribution in [3.8, 4) is 0 Å². The first kappa shape index (κ1) is 8.77. The number of nitrogens with zero attached hydrogens (tertiary/aromatic N) is 2. The number of carboxylic acids is 1. The fraction of sp³-hybridized carbons (Fsp3) is 0.500. The SMILES string of the molecule is CCC(Cn1cccn1)C(=O)O. The van der Waals surface area contributed by atoms with Crippen LogP contribution in [0.15, 0.2) is 18.5 Å². The molecule has 0 radical (unpaired) electrons. The van der Waals surface area contributed by atoms with Gasteiger partial charge < -0.3 is 5.11 Å². The zero-order valence-corrected chi connectivity index (χ0v) is 6.97. The van der Waals surface area contributed by atoms with Gasteiger partial charge in [-0.1, -0.05) is 6.92 Å². The van der Waals surface area contributed by atoms with Crippen LogP contribution in [0.5, 0.6) is 0 Å². The number of aliphatic carboxylic acids is 1. The van der Waals surface area contributed by atoms with Crippen molar-refractivity contribution in [3.63, 3.8) is 0 Å². The number of carboxylic acid groups (broad SMARTS) is 1. The Balaban J connectivity index is 2.54. The lowest BCUT2D eigenvalue weighted by Crippen LogP contribution is -2.19. The van der Waals surface area contributed by atoms with E-state index >= 15 is 0 Å². The molecule has 0 fully saturated rings. The summed E-state index contributed by atoms with van der Waals surface area (Å²) in [5.74, 6) is -1.09. The van der Waals surface area contributed by atoms with E-state index in [1.54, 1.807) is 23.1 Å². The van der Waals surface area contributed by atoms with Crippen LogP contribution in [0.3, 0.4) is 0 Å². The normalized spacial score (nSPS) is 12.8. The van der Waals surface area contributed by atoms with Gasteiger partial charge in [0.15, 0.2) is 0 Å². The summed E-state index contributed by atoms with van der Waals surface area (Å²) in [5.41, 5.74) is 0. The summed E-state index contributed by atoms with van der Waals surface area (Å²) in [6.45, 7) is 2.32. The van der Waals surface area contributed by atoms with Crippen molar-refractivity contribution >= 4 is 5.97 Å². The van der Waals surface area contributed by atoms with Crippen molar-refractivity contribution in [1.29, 1.82) is 0 Å². The van der Waals surface area contributed by atoms with Gasteiger partial charge in [0.25, 0.3) is 0 Å². The minimum Gasteiger partial charge on any atom is -0.481 e. The van der Waals surface area contributed by atoms with Crippen LogP contribution in [0.1, 0.15) is 13.3 Å². The number of rotatable bonds is 4. The molecule has 0 saturated carbocycles. The molecule has 4 heteroatoms. The van der Waals surface area contributed by atoms with Crippen LogP contribution < -0.4 is 0 Å². The molecule has 0 aliphatic heterocycles. The first-order valence-corrected chi connectivity index (χ1v) is 3.94. The Bertz CT molecular complexity index is 244. The Hall–Kier alpha value is -1.32. The lowest BCUT2D eigenvalue weighted by molar-refractivity contribution is -0.142. The Morgan fingerprint density at radius 2 is 2.50 bits per heavy atom. The predicted molar refractivity (Wildman–Crippen MR) is 43.6 cm³/mol. The Labute approximate surface area is 70.8 Å². The van der Waals surface area contributed by atoms with Crippen LogP contribution in [0.25, 0.3) is 0 Å². The summed E-state index contributed by atoms with van der Waals surface area (Å²) < 4.78 is 1.64. The van der Waals surface area contributed by atoms with Gasteiger partial charge in [-0.2, -0.15) is 5.10 Å². The van der Waals surface area contributed by atoms with Crippen LogP contribution in [0.4, 0.5) is 0 Å². The smallest absolute Gasteiger partial charge is 0.308 e. The lowest BCUT2D eigenvalue weighted by Gasteiger charge is -2.08. The molecule has 1 unspecified atom stereocenters. The average Bonchev–Trinajstić information content (AvgIpc) is 2.51. The molecule has 0 aliphatic rings. The summed E-state index contributed by atoms with van der Waals surface area (Å²) in [4.78, 5) is 10.6. The standard InChI is InChI=1S/C8H12N2O2/c1-2-7(8(11)12)6-10-5-3-4-9-10/h3-5,7H,2,6H2,1H3,(H,11,12). The van der Waals surface area contributed by atoms with Crippen molar-refractivity contribution in [2.45, 2.75) is 19.9 Å². The number of hydrogen-bond donors (Lipinski definition) is 1. The van der Waals surface area contributed by atoms with Gasteiger partial charge >= 0.3 is 5.97 Å². The highest BCUT2D eigenvalue weighted by Crippen LogP contribution is 2.05. The molecule has 0 saturated heterocycles. The monoisotopic (exact) mass is 168 g/mol. The van der Waals surface area contributed by atoms with Gasteiger partial charge in [0.05, 0.1) is 12.5 Å². The first-order chi connectivity index (χ1) is 5.74. The van der Waals surface area contributed by atoms with Gasteiger partial charge in [0, 0.05) is 12.4 Å². The van der Waals surface area contributed by atoms with E-state index in [1.807, 2.05) is 6.92 Å². The molecule has 4 nitrogen and oxygen atoms in total. The topological polar surface area (TPSA) is 55.1 Å². The zero-order valence-electron chi connectivity index (χ0n) is 6.97. The van der Waals surface area contributed by atoms with E-state index < -0.39 is 5.97 Å². The van der Waals surface area contributed by atoms with E-state index in [2.05, 4.69) is 5.10 Å². The van der Waals surface area contributed by atoms with E-state index in [-0.39, 0.29) is 5.92 Å². The second-order valence-electron chi connectivity index (χ2n) is 2.67. The van der Waals surface area contributed by atoms with Gasteiger partial charge in [0.1, 0.15) is 0 Å². The van der Waals surface area contributed by atoms with Gasteiger partial charge in [-0.15, -0.1) is 0 Å². The average molecular weight is 168 g/mol. The number of carbonyl (C=O) groups is 1. The zero-order chi connectivity index (χ0) is 8.97. The van der Waals surface area contributed by atoms with E-state index in [0.29, 0.717) is 13.0 Å². The minimum atomic E-state index is -0.756. The Kier molecular flexibility index (Phi) is 2.85. The first-order valence-electron chi connectivity index (χ1n) is 3.94. The second-order valence-corrected chi connectivity index (χ2v) is 2.67. The minimum absolute atomic E-state index is 0.329. The van der Waals surface area contributed by atoms with E-state index in [4.69, 9.17) is 5.11 Å². The fourth-order valence-electron chi connectivity index (χ4n) is 1.02. The highest BCUT2D eigenvalue weighted by molar-refractivity contribution is 5.69. The Morgan fingerprint density at radius 3 is 2.92 bits per heavy atom. The van der Waals surface area contributed by atoms with Crippen molar-refractivity contribution in [3.05, 3.63) is 18.5 Å². The van der Waals surface area contributed by atoms with Crippen LogP contribution in [0.2, 0.25) is 0 Å². The summed E-state index contributed by atoms with van der Waals surface area (Å²) in [7, 11) is 0. The van der Waals surface area contributed by atoms with E-state index in [9.17, 15) is 4.79 Å². The molecule has 0 aliphatic carbocycles. The third kappa shape index (κ3) is 2.08. The largest absolute Gasteiger partial charge is 0.481 e. The third-order valence-corrected chi connectivity index (χ3v) is 1.81. The van der Waals surface area contributed by atoms with Crippen molar-refractivity contribution in [2.75, 3.05) is 0 Å². The molecule has 12 heavy (non-hydrogen) atoms. The molecule has 0 spiro atoms. The molecule has 0 aromatic carbocycles. The molecule has 0 amide bonds. The number of hydrogen-bond acceptors (Lipinski definition) is 2. The van der Waals surface area contributed by atoms with Gasteiger partial charge in [-0.25, -0.2) is 0 Å². The maximum Gasteiger partial charge on any atom is 0.308 e. The van der Waals surface area contributed by atoms with Crippen LogP contribution in [-0.4, -0.2) is 20.9 Å². The van der Waals surface area contributed by atoms with Crippen molar-refractivity contribution in [2.24, 2.45) is 5.92 Å². The van der Waals surface area contributed by atoms with Gasteiger partial charge in [-0.3, -0.25) is 9.48 Å². The molecule has 0 bridgehead atoms. The van der Waals surface area contributed by atoms with Gasteiger partial charge in [-0.05, 0) is 12.5 Å². The maximum atomic E-state index is 10.6. The summed E-state index contributed by atoms with van der Waals surface area (Å²) in [6.07, 6.45) is 4.05. The highest BCUT2D eigenvalue weighted by atomic mass is 16.4. The third-order valence-electron chi connectivity index (χ3n) is 1.81. The molecule has 1 aromatic heterocycles. The van der Waals surface area contributed by atoms with Crippen molar-refractivity contribution in [1.82, 2.24) is 9.78 Å². The molecule has 1 heterocycles. The Morgan fingerprint density at radius 1 is 1.75 bits per heavy atom. The van der Waals surface area contributed by atoms with Gasteiger partial charge in [0.2, 0.25) is 0 Å². The second kappa shape index (κ2) is 3.90. The van der Waals surface area contributed by atoms with Crippen LogP contribution >= 0.6 is 0 Å². The summed E-state index contributed by atoms with van der Waals surface area (Å²) >= 11 is 0. The van der Waals surface area contributed by atoms with E-state index in [1.165, 1.54) is 0 Å². The summed E-state index contributed by atoms with van der Waals surface area (Å²) in [6, 6.07) is 1.79. The molecule has 1 aromatic rings. The molecule has 1 atom stereocenters. The number of aromatic nitrogens is 2. The highest BCUT2D eigenvalue weighted by Gasteiger charge is 2.14. The van der Waals surface area contributed by atoms with Crippen LogP contribution in [-0.2, 0) is 11.3 Å². The molecule has 1 rings (SSSR count). The summed E-state index contributed by atoms with van der Waals surface area (Å²) in [5, 5.41) is 12.7. The molecule has 1 N–H and O–H groups in total. The van der Waals surface area contributed by atoms with Crippen molar-refractivity contribution < 1.29 is 9.90 Å². The quantitative estimate of drug-likeness (QED) is 0.729. The van der Waals surface area contributed by atoms with E-state index in [0.717, 1.165) is 0 Å². The van der Waals surface area contributed by atoms with Crippen LogP contribution in [0, 0.1) is 5.92 Å². The lowest BCUT2D eigenvalue weighted by atomic mass is 10.1. The maximum absolute atomic E-state index is 10.6.